The highest BCUT2D eigenvalue weighted by Crippen LogP contribution is 2.36. The zero-order chi connectivity index (χ0) is 42.3. The Kier molecular flexibility index (Phi) is 22.2. The third-order valence-electron chi connectivity index (χ3n) is 11.1. The summed E-state index contributed by atoms with van der Waals surface area (Å²) in [5.41, 5.74) is 11.5. The number of hydrogen-bond donors (Lipinski definition) is 2. The van der Waals surface area contributed by atoms with Gasteiger partial charge < -0.3 is 10.2 Å². The number of aryl methyl sites for hydroxylation is 6. The van der Waals surface area contributed by atoms with Crippen molar-refractivity contribution >= 4 is 42.1 Å². The van der Waals surface area contributed by atoms with Gasteiger partial charge in [0.15, 0.2) is 0 Å². The van der Waals surface area contributed by atoms with Crippen LogP contribution in [0.4, 0.5) is 11.4 Å². The summed E-state index contributed by atoms with van der Waals surface area (Å²) < 4.78 is 0. The summed E-state index contributed by atoms with van der Waals surface area (Å²) in [7, 11) is -1.10. The molecule has 0 fully saturated rings. The maximum Gasteiger partial charge on any atom is 0.127 e. The topological polar surface area (TPSA) is 65.2 Å². The number of nitrogens with zero attached hydrogens (tertiary/aromatic N) is 2. The standard InChI is InChI=1S/C34H52N2.C19H28O2Si/c1-6-11-16-28-21-23-32(25-30(28)18-13-8-3)35-27-34(20-15-10-5)36-33-24-22-29(17-12-7-2)31(26-33)19-14-9-4;1-5-6-7-14-10-16-11-15(8-9-22(2,3)4)13-18(21)19(16)17(20)12-14/h21-27H,6-20H2,1-5H3;10-13,20-21H,5-9H2,1-4H3. The second-order valence-corrected chi connectivity index (χ2v) is 23.4. The highest BCUT2D eigenvalue weighted by molar-refractivity contribution is 6.76. The Morgan fingerprint density at radius 2 is 0.966 bits per heavy atom. The molecule has 0 aliphatic rings. The van der Waals surface area contributed by atoms with Gasteiger partial charge in [0.05, 0.1) is 22.5 Å². The first-order valence-electron chi connectivity index (χ1n) is 23.3. The average molecular weight is 805 g/mol. The van der Waals surface area contributed by atoms with Gasteiger partial charge in [-0.2, -0.15) is 0 Å². The van der Waals surface area contributed by atoms with Crippen LogP contribution >= 0.6 is 0 Å². The van der Waals surface area contributed by atoms with Crippen molar-refractivity contribution in [3.8, 4) is 11.5 Å². The summed E-state index contributed by atoms with van der Waals surface area (Å²) in [4.78, 5) is 10.0. The summed E-state index contributed by atoms with van der Waals surface area (Å²) in [5, 5.41) is 22.0. The van der Waals surface area contributed by atoms with Gasteiger partial charge in [-0.15, -0.1) is 0 Å². The highest BCUT2D eigenvalue weighted by Gasteiger charge is 2.15. The third kappa shape index (κ3) is 17.3. The molecule has 4 aromatic carbocycles. The second-order valence-electron chi connectivity index (χ2n) is 17.8. The number of hydrogen-bond acceptors (Lipinski definition) is 4. The Bertz CT molecular complexity index is 1870. The van der Waals surface area contributed by atoms with Gasteiger partial charge in [0.1, 0.15) is 11.5 Å². The van der Waals surface area contributed by atoms with E-state index in [0.29, 0.717) is 5.39 Å². The van der Waals surface area contributed by atoms with Crippen molar-refractivity contribution in [2.75, 3.05) is 0 Å². The number of rotatable bonds is 24. The first-order chi connectivity index (χ1) is 27.9. The molecular formula is C53H80N2O2Si. The molecule has 318 valence electrons. The van der Waals surface area contributed by atoms with E-state index in [0.717, 1.165) is 85.8 Å². The molecule has 0 spiro atoms. The molecule has 58 heavy (non-hydrogen) atoms. The van der Waals surface area contributed by atoms with Crippen LogP contribution in [-0.2, 0) is 38.5 Å². The van der Waals surface area contributed by atoms with Crippen LogP contribution in [0.5, 0.6) is 11.5 Å². The number of fused-ring (bicyclic) bond motifs is 1. The number of aliphatic imine (C=N–C) groups is 2. The number of unbranched alkanes of at least 4 members (excludes halogenated alkanes) is 6. The summed E-state index contributed by atoms with van der Waals surface area (Å²) in [6.45, 7) is 20.6. The molecule has 0 atom stereocenters. The van der Waals surface area contributed by atoms with Crippen LogP contribution in [0.2, 0.25) is 25.7 Å². The molecule has 0 heterocycles. The lowest BCUT2D eigenvalue weighted by Crippen LogP contribution is -2.19. The van der Waals surface area contributed by atoms with Crippen molar-refractivity contribution in [1.82, 2.24) is 0 Å². The van der Waals surface area contributed by atoms with Crippen LogP contribution in [-0.4, -0.2) is 30.2 Å². The predicted octanol–water partition coefficient (Wildman–Crippen LogP) is 16.2. The number of benzene rings is 4. The van der Waals surface area contributed by atoms with Crippen LogP contribution in [0.25, 0.3) is 10.8 Å². The zero-order valence-corrected chi connectivity index (χ0v) is 39.3. The average Bonchev–Trinajstić information content (AvgIpc) is 3.20. The molecule has 4 nitrogen and oxygen atoms in total. The van der Waals surface area contributed by atoms with Gasteiger partial charge >= 0.3 is 0 Å². The molecule has 0 aliphatic carbocycles. The molecule has 0 radical (unpaired) electrons. The Hall–Kier alpha value is -3.70. The van der Waals surface area contributed by atoms with Gasteiger partial charge in [-0.3, -0.25) is 9.98 Å². The Balaban J connectivity index is 0.000000348. The molecule has 0 unspecified atom stereocenters. The van der Waals surface area contributed by atoms with Crippen molar-refractivity contribution < 1.29 is 10.2 Å². The molecule has 0 amide bonds. The fraction of sp³-hybridized carbons (Fsp3) is 0.547. The lowest BCUT2D eigenvalue weighted by molar-refractivity contribution is 0.463. The van der Waals surface area contributed by atoms with Crippen molar-refractivity contribution in [1.29, 1.82) is 0 Å². The lowest BCUT2D eigenvalue weighted by atomic mass is 9.97. The third-order valence-corrected chi connectivity index (χ3v) is 12.9. The molecule has 0 bridgehead atoms. The molecule has 0 saturated heterocycles. The van der Waals surface area contributed by atoms with Crippen LogP contribution < -0.4 is 0 Å². The molecular weight excluding hydrogens is 725 g/mol. The molecule has 4 rings (SSSR count). The maximum absolute atomic E-state index is 10.3. The fourth-order valence-electron chi connectivity index (χ4n) is 7.40. The SMILES string of the molecule is CCCCC(C=Nc1ccc(CCCC)c(CCCC)c1)=Nc1ccc(CCCC)c(CCCC)c1.CCCCc1cc(O)c2c(O)cc(CC[Si](C)(C)C)cc2c1. The molecule has 4 aromatic rings. The van der Waals surface area contributed by atoms with Gasteiger partial charge in [-0.1, -0.05) is 130 Å². The maximum atomic E-state index is 10.3. The molecule has 0 saturated carbocycles. The van der Waals surface area contributed by atoms with Crippen molar-refractivity contribution in [3.63, 3.8) is 0 Å². The second kappa shape index (κ2) is 26.4. The highest BCUT2D eigenvalue weighted by atomic mass is 28.3. The quantitative estimate of drug-likeness (QED) is 0.0547. The molecule has 0 aromatic heterocycles. The minimum atomic E-state index is -1.10. The van der Waals surface area contributed by atoms with E-state index in [1.807, 2.05) is 12.3 Å². The van der Waals surface area contributed by atoms with Gasteiger partial charge in [0.25, 0.3) is 0 Å². The first-order valence-corrected chi connectivity index (χ1v) is 27.0. The summed E-state index contributed by atoms with van der Waals surface area (Å²) in [6.07, 6.45) is 24.1. The summed E-state index contributed by atoms with van der Waals surface area (Å²) in [6, 6.07) is 22.8. The van der Waals surface area contributed by atoms with Crippen LogP contribution in [0.15, 0.2) is 70.6 Å². The van der Waals surface area contributed by atoms with Crippen LogP contribution in [0, 0.1) is 0 Å². The van der Waals surface area contributed by atoms with E-state index in [1.54, 1.807) is 6.07 Å². The minimum absolute atomic E-state index is 0.192. The summed E-state index contributed by atoms with van der Waals surface area (Å²) >= 11 is 0. The van der Waals surface area contributed by atoms with Crippen molar-refractivity contribution in [2.45, 2.75) is 189 Å². The van der Waals surface area contributed by atoms with Gasteiger partial charge in [0.2, 0.25) is 0 Å². The normalized spacial score (nSPS) is 12.1. The number of phenols is 2. The predicted molar refractivity (Wildman–Crippen MR) is 260 cm³/mol. The van der Waals surface area contributed by atoms with Gasteiger partial charge in [-0.05, 0) is 159 Å². The van der Waals surface area contributed by atoms with Crippen LogP contribution in [0.1, 0.15) is 158 Å². The van der Waals surface area contributed by atoms with E-state index < -0.39 is 8.07 Å². The molecule has 0 aliphatic heterocycles. The zero-order valence-electron chi connectivity index (χ0n) is 38.3. The first kappa shape index (κ1) is 48.7. The number of aromatic hydroxyl groups is 2. The van der Waals surface area contributed by atoms with E-state index in [-0.39, 0.29) is 11.5 Å². The van der Waals surface area contributed by atoms with E-state index in [1.165, 1.54) is 98.1 Å². The van der Waals surface area contributed by atoms with Crippen molar-refractivity contribution in [2.24, 2.45) is 9.98 Å². The largest absolute Gasteiger partial charge is 0.507 e. The van der Waals surface area contributed by atoms with Crippen molar-refractivity contribution in [3.05, 3.63) is 94.0 Å². The smallest absolute Gasteiger partial charge is 0.127 e. The molecule has 5 heteroatoms. The Labute approximate surface area is 355 Å². The lowest BCUT2D eigenvalue weighted by Gasteiger charge is -2.16. The van der Waals surface area contributed by atoms with E-state index in [4.69, 9.17) is 9.98 Å². The summed E-state index contributed by atoms with van der Waals surface area (Å²) in [5.74, 6) is 0.389. The van der Waals surface area contributed by atoms with E-state index in [9.17, 15) is 10.2 Å². The fourth-order valence-corrected chi connectivity index (χ4v) is 8.44. The minimum Gasteiger partial charge on any atom is -0.507 e. The van der Waals surface area contributed by atoms with E-state index >= 15 is 0 Å². The Morgan fingerprint density at radius 1 is 0.517 bits per heavy atom. The van der Waals surface area contributed by atoms with E-state index in [2.05, 4.69) is 110 Å². The molecule has 2 N–H and O–H groups in total. The van der Waals surface area contributed by atoms with Gasteiger partial charge in [-0.25, -0.2) is 0 Å². The Morgan fingerprint density at radius 3 is 1.47 bits per heavy atom. The van der Waals surface area contributed by atoms with Gasteiger partial charge in [0, 0.05) is 14.3 Å². The monoisotopic (exact) mass is 805 g/mol. The number of phenolic OH excluding ortho intramolecular Hbond substituents is 2. The van der Waals surface area contributed by atoms with Crippen LogP contribution in [0.3, 0.4) is 0 Å².